The number of hydrogen-bond donors (Lipinski definition) is 0. The van der Waals surface area contributed by atoms with E-state index in [1.807, 2.05) is 13.8 Å². The molecule has 1 atom stereocenters. The Morgan fingerprint density at radius 1 is 1.09 bits per heavy atom. The molecule has 2 saturated carbocycles. The van der Waals surface area contributed by atoms with Crippen molar-refractivity contribution >= 4 is 0 Å². The van der Waals surface area contributed by atoms with Gasteiger partial charge in [0.15, 0.2) is 0 Å². The van der Waals surface area contributed by atoms with Gasteiger partial charge in [0, 0.05) is 5.41 Å². The zero-order chi connectivity index (χ0) is 8.32. The Balaban J connectivity index is 0.000000281. The van der Waals surface area contributed by atoms with Crippen molar-refractivity contribution in [2.75, 3.05) is 0 Å². The van der Waals surface area contributed by atoms with Crippen LogP contribution in [-0.2, 0) is 0 Å². The molecule has 0 aliphatic heterocycles. The average molecular weight is 158 g/mol. The van der Waals surface area contributed by atoms with Gasteiger partial charge in [-0.1, -0.05) is 26.7 Å². The van der Waals surface area contributed by atoms with Crippen LogP contribution in [-0.4, -0.2) is 6.17 Å². The maximum atomic E-state index is 13.0. The summed E-state index contributed by atoms with van der Waals surface area (Å²) >= 11 is 0. The molecule has 66 valence electrons. The summed E-state index contributed by atoms with van der Waals surface area (Å²) in [5.41, 5.74) is 0.220. The van der Waals surface area contributed by atoms with E-state index in [0.29, 0.717) is 0 Å². The maximum absolute atomic E-state index is 13.0. The lowest BCUT2D eigenvalue weighted by Gasteiger charge is -2.24. The molecule has 0 nitrogen and oxygen atoms in total. The smallest absolute Gasteiger partial charge is 0.106 e. The Morgan fingerprint density at radius 2 is 1.73 bits per heavy atom. The number of halogens is 1. The van der Waals surface area contributed by atoms with Crippen molar-refractivity contribution in [3.8, 4) is 0 Å². The molecule has 2 aliphatic carbocycles. The minimum Gasteiger partial charge on any atom is -0.247 e. The molecule has 0 bridgehead atoms. The summed E-state index contributed by atoms with van der Waals surface area (Å²) in [4.78, 5) is 0. The summed E-state index contributed by atoms with van der Waals surface area (Å²) in [5.74, 6) is 0. The second-order valence-electron chi connectivity index (χ2n) is 3.58. The number of alkyl halides is 1. The van der Waals surface area contributed by atoms with E-state index in [1.54, 1.807) is 0 Å². The molecule has 1 unspecified atom stereocenters. The molecule has 11 heavy (non-hydrogen) atoms. The SMILES string of the molecule is CC.FC1CCCCC12CC2. The lowest BCUT2D eigenvalue weighted by molar-refractivity contribution is 0.146. The summed E-state index contributed by atoms with van der Waals surface area (Å²) in [6, 6.07) is 0. The molecule has 0 aromatic heterocycles. The van der Waals surface area contributed by atoms with Crippen LogP contribution >= 0.6 is 0 Å². The van der Waals surface area contributed by atoms with Gasteiger partial charge in [-0.05, 0) is 25.7 Å². The van der Waals surface area contributed by atoms with E-state index in [1.165, 1.54) is 25.7 Å². The van der Waals surface area contributed by atoms with Crippen molar-refractivity contribution in [1.82, 2.24) is 0 Å². The molecule has 2 aliphatic rings. The Hall–Kier alpha value is -0.0700. The van der Waals surface area contributed by atoms with Gasteiger partial charge in [0.25, 0.3) is 0 Å². The highest BCUT2D eigenvalue weighted by molar-refractivity contribution is 5.00. The fourth-order valence-electron chi connectivity index (χ4n) is 1.99. The van der Waals surface area contributed by atoms with Gasteiger partial charge < -0.3 is 0 Å². The predicted octanol–water partition coefficient (Wildman–Crippen LogP) is 3.70. The minimum atomic E-state index is -0.439. The minimum absolute atomic E-state index is 0.220. The molecule has 2 fully saturated rings. The summed E-state index contributed by atoms with van der Waals surface area (Å²) in [7, 11) is 0. The van der Waals surface area contributed by atoms with Gasteiger partial charge in [0.2, 0.25) is 0 Å². The number of rotatable bonds is 0. The Kier molecular flexibility index (Phi) is 2.91. The van der Waals surface area contributed by atoms with Crippen molar-refractivity contribution in [2.24, 2.45) is 5.41 Å². The van der Waals surface area contributed by atoms with E-state index >= 15 is 0 Å². The lowest BCUT2D eigenvalue weighted by atomic mass is 9.85. The normalized spacial score (nSPS) is 32.5. The summed E-state index contributed by atoms with van der Waals surface area (Å²) in [6.45, 7) is 4.00. The Morgan fingerprint density at radius 3 is 2.09 bits per heavy atom. The molecule has 0 heterocycles. The summed E-state index contributed by atoms with van der Waals surface area (Å²) in [5, 5.41) is 0. The second kappa shape index (κ2) is 3.55. The van der Waals surface area contributed by atoms with Crippen LogP contribution in [0.2, 0.25) is 0 Å². The maximum Gasteiger partial charge on any atom is 0.106 e. The summed E-state index contributed by atoms with van der Waals surface area (Å²) in [6.07, 6.45) is 6.34. The van der Waals surface area contributed by atoms with Crippen molar-refractivity contribution in [3.05, 3.63) is 0 Å². The van der Waals surface area contributed by atoms with Gasteiger partial charge in [0.1, 0.15) is 6.17 Å². The summed E-state index contributed by atoms with van der Waals surface area (Å²) < 4.78 is 13.0. The molecule has 0 amide bonds. The molecule has 1 spiro atoms. The number of hydrogen-bond acceptors (Lipinski definition) is 0. The van der Waals surface area contributed by atoms with Crippen LogP contribution in [0, 0.1) is 5.41 Å². The van der Waals surface area contributed by atoms with Gasteiger partial charge in [-0.3, -0.25) is 0 Å². The van der Waals surface area contributed by atoms with Crippen LogP contribution in [0.5, 0.6) is 0 Å². The first-order chi connectivity index (χ1) is 5.33. The average Bonchev–Trinajstić information content (AvgIpc) is 2.82. The fourth-order valence-corrected chi connectivity index (χ4v) is 1.99. The van der Waals surface area contributed by atoms with E-state index in [2.05, 4.69) is 0 Å². The molecule has 1 heteroatoms. The topological polar surface area (TPSA) is 0 Å². The predicted molar refractivity (Wildman–Crippen MR) is 46.4 cm³/mol. The third kappa shape index (κ3) is 1.74. The van der Waals surface area contributed by atoms with E-state index in [-0.39, 0.29) is 5.41 Å². The van der Waals surface area contributed by atoms with Gasteiger partial charge >= 0.3 is 0 Å². The van der Waals surface area contributed by atoms with Crippen LogP contribution < -0.4 is 0 Å². The largest absolute Gasteiger partial charge is 0.247 e. The second-order valence-corrected chi connectivity index (χ2v) is 3.58. The molecule has 0 saturated heterocycles. The van der Waals surface area contributed by atoms with E-state index < -0.39 is 6.17 Å². The third-order valence-corrected chi connectivity index (χ3v) is 2.94. The molecular formula is C10H19F. The highest BCUT2D eigenvalue weighted by Crippen LogP contribution is 2.57. The first-order valence-electron chi connectivity index (χ1n) is 4.98. The Labute approximate surface area is 69.2 Å². The van der Waals surface area contributed by atoms with Crippen molar-refractivity contribution in [2.45, 2.75) is 58.5 Å². The van der Waals surface area contributed by atoms with Gasteiger partial charge in [0.05, 0.1) is 0 Å². The van der Waals surface area contributed by atoms with Gasteiger partial charge in [-0.25, -0.2) is 4.39 Å². The Bertz CT molecular complexity index is 116. The van der Waals surface area contributed by atoms with Gasteiger partial charge in [-0.15, -0.1) is 0 Å². The quantitative estimate of drug-likeness (QED) is 0.504. The zero-order valence-electron chi connectivity index (χ0n) is 7.70. The van der Waals surface area contributed by atoms with Crippen LogP contribution in [0.25, 0.3) is 0 Å². The lowest BCUT2D eigenvalue weighted by Crippen LogP contribution is -2.21. The molecule has 0 radical (unpaired) electrons. The fraction of sp³-hybridized carbons (Fsp3) is 1.00. The van der Waals surface area contributed by atoms with Crippen molar-refractivity contribution in [3.63, 3.8) is 0 Å². The zero-order valence-corrected chi connectivity index (χ0v) is 7.70. The van der Waals surface area contributed by atoms with Crippen LogP contribution in [0.4, 0.5) is 4.39 Å². The standard InChI is InChI=1S/C8H13F.C2H6/c9-7-3-1-2-4-8(7)5-6-8;1-2/h7H,1-6H2;1-2H3. The van der Waals surface area contributed by atoms with Gasteiger partial charge in [-0.2, -0.15) is 0 Å². The van der Waals surface area contributed by atoms with Crippen molar-refractivity contribution < 1.29 is 4.39 Å². The first-order valence-corrected chi connectivity index (χ1v) is 4.98. The van der Waals surface area contributed by atoms with E-state index in [9.17, 15) is 4.39 Å². The molecule has 0 N–H and O–H groups in total. The molecule has 2 rings (SSSR count). The van der Waals surface area contributed by atoms with E-state index in [4.69, 9.17) is 0 Å². The van der Waals surface area contributed by atoms with Crippen LogP contribution in [0.3, 0.4) is 0 Å². The van der Waals surface area contributed by atoms with E-state index in [0.717, 1.165) is 12.8 Å². The third-order valence-electron chi connectivity index (χ3n) is 2.94. The first kappa shape index (κ1) is 9.02. The highest BCUT2D eigenvalue weighted by Gasteiger charge is 2.50. The molecular weight excluding hydrogens is 139 g/mol. The monoisotopic (exact) mass is 158 g/mol. The van der Waals surface area contributed by atoms with Crippen molar-refractivity contribution in [1.29, 1.82) is 0 Å². The van der Waals surface area contributed by atoms with Crippen LogP contribution in [0.15, 0.2) is 0 Å². The molecule has 0 aromatic rings. The van der Waals surface area contributed by atoms with Crippen LogP contribution in [0.1, 0.15) is 52.4 Å². The highest BCUT2D eigenvalue weighted by atomic mass is 19.1. The molecule has 0 aromatic carbocycles.